The Bertz CT molecular complexity index is 734. The molecule has 0 bridgehead atoms. The van der Waals surface area contributed by atoms with Crippen LogP contribution < -0.4 is 4.90 Å². The summed E-state index contributed by atoms with van der Waals surface area (Å²) in [7, 11) is 0. The van der Waals surface area contributed by atoms with Gasteiger partial charge in [0.25, 0.3) is 0 Å². The quantitative estimate of drug-likeness (QED) is 0.806. The molecule has 1 aliphatic carbocycles. The van der Waals surface area contributed by atoms with Gasteiger partial charge in [0.2, 0.25) is 5.91 Å². The molecule has 4 nitrogen and oxygen atoms in total. The minimum absolute atomic E-state index is 0.0857. The number of carbonyl (C=O) groups excluding carboxylic acids is 1. The molecule has 4 rings (SSSR count). The first kappa shape index (κ1) is 17.3. The van der Waals surface area contributed by atoms with Crippen molar-refractivity contribution in [2.24, 2.45) is 11.8 Å². The van der Waals surface area contributed by atoms with Crippen LogP contribution in [0.25, 0.3) is 0 Å². The Morgan fingerprint density at radius 1 is 1.19 bits per heavy atom. The van der Waals surface area contributed by atoms with Gasteiger partial charge in [-0.05, 0) is 36.5 Å². The first-order chi connectivity index (χ1) is 12.7. The predicted molar refractivity (Wildman–Crippen MR) is 104 cm³/mol. The van der Waals surface area contributed by atoms with Crippen LogP contribution in [0.4, 0.5) is 5.69 Å². The van der Waals surface area contributed by atoms with E-state index in [4.69, 9.17) is 0 Å². The number of anilines is 1. The van der Waals surface area contributed by atoms with E-state index in [-0.39, 0.29) is 17.9 Å². The van der Waals surface area contributed by atoms with Crippen molar-refractivity contribution in [2.75, 3.05) is 11.4 Å². The highest BCUT2D eigenvalue weighted by atomic mass is 16.2. The van der Waals surface area contributed by atoms with E-state index in [1.807, 2.05) is 34.1 Å². The summed E-state index contributed by atoms with van der Waals surface area (Å²) in [5.74, 6) is 1.09. The van der Waals surface area contributed by atoms with Crippen molar-refractivity contribution in [3.63, 3.8) is 0 Å². The van der Waals surface area contributed by atoms with E-state index in [9.17, 15) is 4.79 Å². The molecule has 2 atom stereocenters. The monoisotopic (exact) mass is 351 g/mol. The third kappa shape index (κ3) is 3.55. The lowest BCUT2D eigenvalue weighted by atomic mass is 9.82. The molecule has 0 spiro atoms. The topological polar surface area (TPSA) is 38.1 Å². The van der Waals surface area contributed by atoms with Gasteiger partial charge in [-0.2, -0.15) is 5.10 Å². The van der Waals surface area contributed by atoms with Crippen molar-refractivity contribution < 1.29 is 4.79 Å². The van der Waals surface area contributed by atoms with Gasteiger partial charge >= 0.3 is 0 Å². The van der Waals surface area contributed by atoms with E-state index >= 15 is 0 Å². The first-order valence-electron chi connectivity index (χ1n) is 10.1. The fraction of sp³-hybridized carbons (Fsp3) is 0.545. The van der Waals surface area contributed by atoms with Crippen molar-refractivity contribution in [1.29, 1.82) is 0 Å². The predicted octanol–water partition coefficient (Wildman–Crippen LogP) is 4.62. The smallest absolute Gasteiger partial charge is 0.229 e. The van der Waals surface area contributed by atoms with Crippen LogP contribution >= 0.6 is 0 Å². The molecule has 2 unspecified atom stereocenters. The SMILES string of the molecule is CC(CC1CCCCC1)C(=O)N1CC(n2cccn2)Cc2ccccc21. The summed E-state index contributed by atoms with van der Waals surface area (Å²) in [4.78, 5) is 15.4. The van der Waals surface area contributed by atoms with E-state index in [0.717, 1.165) is 24.4 Å². The molecule has 1 aromatic heterocycles. The second-order valence-electron chi connectivity index (χ2n) is 8.06. The Balaban J connectivity index is 1.54. The lowest BCUT2D eigenvalue weighted by Gasteiger charge is -2.36. The summed E-state index contributed by atoms with van der Waals surface area (Å²) < 4.78 is 2.00. The van der Waals surface area contributed by atoms with Crippen LogP contribution in [0.5, 0.6) is 0 Å². The van der Waals surface area contributed by atoms with Gasteiger partial charge in [0.15, 0.2) is 0 Å². The van der Waals surface area contributed by atoms with Crippen molar-refractivity contribution in [2.45, 2.75) is 57.9 Å². The molecule has 1 aromatic carbocycles. The van der Waals surface area contributed by atoms with Crippen LogP contribution in [0, 0.1) is 11.8 Å². The molecule has 26 heavy (non-hydrogen) atoms. The maximum Gasteiger partial charge on any atom is 0.229 e. The second-order valence-corrected chi connectivity index (χ2v) is 8.06. The second kappa shape index (κ2) is 7.65. The van der Waals surface area contributed by atoms with E-state index < -0.39 is 0 Å². The highest BCUT2D eigenvalue weighted by molar-refractivity contribution is 5.96. The van der Waals surface area contributed by atoms with E-state index in [1.54, 1.807) is 0 Å². The largest absolute Gasteiger partial charge is 0.310 e. The summed E-state index contributed by atoms with van der Waals surface area (Å²) in [5, 5.41) is 4.42. The molecule has 0 N–H and O–H groups in total. The average Bonchev–Trinajstić information content (AvgIpc) is 3.22. The zero-order chi connectivity index (χ0) is 17.9. The van der Waals surface area contributed by atoms with Gasteiger partial charge in [-0.25, -0.2) is 0 Å². The molecule has 138 valence electrons. The third-order valence-corrected chi connectivity index (χ3v) is 6.13. The third-order valence-electron chi connectivity index (χ3n) is 6.13. The van der Waals surface area contributed by atoms with Crippen molar-refractivity contribution >= 4 is 11.6 Å². The van der Waals surface area contributed by atoms with Crippen LogP contribution in [0.1, 0.15) is 57.1 Å². The number of benzene rings is 1. The Hall–Kier alpha value is -2.10. The number of hydrogen-bond donors (Lipinski definition) is 0. The Kier molecular flexibility index (Phi) is 5.09. The molecule has 2 aliphatic rings. The molecule has 4 heteroatoms. The lowest BCUT2D eigenvalue weighted by Crippen LogP contribution is -2.43. The van der Waals surface area contributed by atoms with Gasteiger partial charge in [0.1, 0.15) is 0 Å². The van der Waals surface area contributed by atoms with Crippen molar-refractivity contribution in [1.82, 2.24) is 9.78 Å². The van der Waals surface area contributed by atoms with Gasteiger partial charge in [0, 0.05) is 30.5 Å². The molecule has 0 radical (unpaired) electrons. The van der Waals surface area contributed by atoms with Crippen LogP contribution in [0.2, 0.25) is 0 Å². The van der Waals surface area contributed by atoms with Crippen LogP contribution in [-0.4, -0.2) is 22.2 Å². The number of rotatable bonds is 4. The highest BCUT2D eigenvalue weighted by Gasteiger charge is 2.32. The van der Waals surface area contributed by atoms with Crippen molar-refractivity contribution in [3.05, 3.63) is 48.3 Å². The van der Waals surface area contributed by atoms with Crippen LogP contribution in [0.3, 0.4) is 0 Å². The average molecular weight is 351 g/mol. The molecule has 1 aliphatic heterocycles. The van der Waals surface area contributed by atoms with E-state index in [1.165, 1.54) is 37.7 Å². The molecule has 2 aromatic rings. The fourth-order valence-electron chi connectivity index (χ4n) is 4.75. The molecule has 1 saturated carbocycles. The van der Waals surface area contributed by atoms with Gasteiger partial charge in [-0.3, -0.25) is 9.48 Å². The fourth-order valence-corrected chi connectivity index (χ4v) is 4.75. The number of fused-ring (bicyclic) bond motifs is 1. The number of carbonyl (C=O) groups is 1. The number of nitrogens with zero attached hydrogens (tertiary/aromatic N) is 3. The number of amides is 1. The number of hydrogen-bond acceptors (Lipinski definition) is 2. The van der Waals surface area contributed by atoms with Crippen molar-refractivity contribution in [3.8, 4) is 0 Å². The molecule has 2 heterocycles. The maximum absolute atomic E-state index is 13.3. The zero-order valence-electron chi connectivity index (χ0n) is 15.7. The Labute approximate surface area is 156 Å². The first-order valence-corrected chi connectivity index (χ1v) is 10.1. The van der Waals surface area contributed by atoms with Gasteiger partial charge in [-0.15, -0.1) is 0 Å². The molecule has 0 saturated heterocycles. The minimum atomic E-state index is 0.0857. The molecular formula is C22H29N3O. The van der Waals surface area contributed by atoms with Crippen LogP contribution in [-0.2, 0) is 11.2 Å². The minimum Gasteiger partial charge on any atom is -0.310 e. The standard InChI is InChI=1S/C22H29N3O/c1-17(14-18-8-3-2-4-9-18)22(26)24-16-20(25-13-7-12-23-25)15-19-10-5-6-11-21(19)24/h5-7,10-13,17-18,20H,2-4,8-9,14-16H2,1H3. The zero-order valence-corrected chi connectivity index (χ0v) is 15.7. The van der Waals surface area contributed by atoms with Gasteiger partial charge in [0.05, 0.1) is 6.04 Å². The van der Waals surface area contributed by atoms with E-state index in [2.05, 4.69) is 30.2 Å². The number of aromatic nitrogens is 2. The van der Waals surface area contributed by atoms with Gasteiger partial charge < -0.3 is 4.90 Å². The highest BCUT2D eigenvalue weighted by Crippen LogP contribution is 2.35. The molecule has 1 amide bonds. The Morgan fingerprint density at radius 2 is 2.00 bits per heavy atom. The lowest BCUT2D eigenvalue weighted by molar-refractivity contribution is -0.122. The summed E-state index contributed by atoms with van der Waals surface area (Å²) in [6.45, 7) is 2.84. The molecule has 1 fully saturated rings. The summed E-state index contributed by atoms with van der Waals surface area (Å²) >= 11 is 0. The van der Waals surface area contributed by atoms with Crippen LogP contribution in [0.15, 0.2) is 42.7 Å². The maximum atomic E-state index is 13.3. The number of para-hydroxylation sites is 1. The van der Waals surface area contributed by atoms with Gasteiger partial charge in [-0.1, -0.05) is 57.2 Å². The Morgan fingerprint density at radius 3 is 2.77 bits per heavy atom. The summed E-state index contributed by atoms with van der Waals surface area (Å²) in [6, 6.07) is 10.5. The summed E-state index contributed by atoms with van der Waals surface area (Å²) in [6.07, 6.45) is 12.4. The molecular weight excluding hydrogens is 322 g/mol. The summed E-state index contributed by atoms with van der Waals surface area (Å²) in [5.41, 5.74) is 2.34. The van der Waals surface area contributed by atoms with E-state index in [0.29, 0.717) is 6.54 Å². The normalized spacial score (nSPS) is 22.0.